The van der Waals surface area contributed by atoms with Crippen LogP contribution in [0.1, 0.15) is 47.0 Å². The number of hydrogen-bond acceptors (Lipinski definition) is 6. The van der Waals surface area contributed by atoms with Crippen molar-refractivity contribution in [3.63, 3.8) is 0 Å². The Bertz CT molecular complexity index is 374. The third kappa shape index (κ3) is 8.29. The molecule has 0 aromatic rings. The van der Waals surface area contributed by atoms with Crippen LogP contribution in [0.25, 0.3) is 0 Å². The molecule has 2 unspecified atom stereocenters. The van der Waals surface area contributed by atoms with Gasteiger partial charge in [-0.2, -0.15) is 0 Å². The van der Waals surface area contributed by atoms with Crippen molar-refractivity contribution in [3.8, 4) is 0 Å². The summed E-state index contributed by atoms with van der Waals surface area (Å²) in [5.74, 6) is -3.77. The van der Waals surface area contributed by atoms with E-state index in [1.807, 2.05) is 0 Å². The Kier molecular flexibility index (Phi) is 7.94. The molecule has 3 N–H and O–H groups in total. The molecule has 0 aliphatic carbocycles. The number of aliphatic carboxylic acids is 1. The van der Waals surface area contributed by atoms with Crippen molar-refractivity contribution in [3.05, 3.63) is 0 Å². The van der Waals surface area contributed by atoms with Crippen molar-refractivity contribution in [2.45, 2.75) is 58.6 Å². The molecule has 0 rings (SSSR count). The van der Waals surface area contributed by atoms with Crippen molar-refractivity contribution in [1.29, 1.82) is 0 Å². The number of carbonyl (C=O) groups excluding carboxylic acids is 2. The lowest BCUT2D eigenvalue weighted by Crippen LogP contribution is -2.37. The van der Waals surface area contributed by atoms with Crippen LogP contribution in [0.3, 0.4) is 0 Å². The summed E-state index contributed by atoms with van der Waals surface area (Å²) in [6.45, 7) is 6.94. The summed E-state index contributed by atoms with van der Waals surface area (Å²) in [6.07, 6.45) is 0.638. The van der Waals surface area contributed by atoms with Crippen LogP contribution in [0.4, 0.5) is 0 Å². The number of esters is 2. The average molecular weight is 303 g/mol. The standard InChI is InChI=1S/C14H25NO6/c1-5-20-12(18)9(11(16)17)7-6-8-10(15)13(19)21-14(2,3)4/h9-10H,5-8,15H2,1-4H3,(H,16,17). The van der Waals surface area contributed by atoms with Crippen LogP contribution in [0.2, 0.25) is 0 Å². The van der Waals surface area contributed by atoms with Gasteiger partial charge >= 0.3 is 17.9 Å². The molecule has 2 atom stereocenters. The Labute approximate surface area is 124 Å². The van der Waals surface area contributed by atoms with Gasteiger partial charge in [-0.1, -0.05) is 0 Å². The van der Waals surface area contributed by atoms with Crippen molar-refractivity contribution >= 4 is 17.9 Å². The molecule has 0 aliphatic heterocycles. The van der Waals surface area contributed by atoms with Gasteiger partial charge in [0.05, 0.1) is 6.61 Å². The molecule has 0 bridgehead atoms. The number of carboxylic acids is 1. The smallest absolute Gasteiger partial charge is 0.323 e. The number of carbonyl (C=O) groups is 3. The van der Waals surface area contributed by atoms with Crippen LogP contribution in [0, 0.1) is 5.92 Å². The maximum Gasteiger partial charge on any atom is 0.323 e. The fourth-order valence-corrected chi connectivity index (χ4v) is 1.62. The number of carboxylic acid groups (broad SMARTS) is 1. The Balaban J connectivity index is 4.29. The predicted octanol–water partition coefficient (Wildman–Crippen LogP) is 1.09. The summed E-state index contributed by atoms with van der Waals surface area (Å²) < 4.78 is 9.81. The lowest BCUT2D eigenvalue weighted by atomic mass is 10.00. The summed E-state index contributed by atoms with van der Waals surface area (Å²) in [4.78, 5) is 34.1. The van der Waals surface area contributed by atoms with Crippen LogP contribution in [0.5, 0.6) is 0 Å². The van der Waals surface area contributed by atoms with Gasteiger partial charge in [-0.3, -0.25) is 14.4 Å². The summed E-state index contributed by atoms with van der Waals surface area (Å²) in [6, 6.07) is -0.833. The molecule has 0 saturated heterocycles. The molecule has 122 valence electrons. The highest BCUT2D eigenvalue weighted by Gasteiger charge is 2.28. The predicted molar refractivity (Wildman–Crippen MR) is 75.4 cm³/mol. The largest absolute Gasteiger partial charge is 0.481 e. The fraction of sp³-hybridized carbons (Fsp3) is 0.786. The van der Waals surface area contributed by atoms with E-state index in [0.29, 0.717) is 6.42 Å². The average Bonchev–Trinajstić information content (AvgIpc) is 2.31. The van der Waals surface area contributed by atoms with E-state index in [1.54, 1.807) is 27.7 Å². The van der Waals surface area contributed by atoms with Gasteiger partial charge in [0.15, 0.2) is 5.92 Å². The normalized spacial score (nSPS) is 14.1. The molecule has 0 fully saturated rings. The van der Waals surface area contributed by atoms with E-state index in [0.717, 1.165) is 0 Å². The van der Waals surface area contributed by atoms with Crippen LogP contribution < -0.4 is 5.73 Å². The first-order valence-electron chi connectivity index (χ1n) is 6.96. The first-order chi connectivity index (χ1) is 9.58. The van der Waals surface area contributed by atoms with E-state index < -0.39 is 35.5 Å². The van der Waals surface area contributed by atoms with E-state index in [2.05, 4.69) is 0 Å². The van der Waals surface area contributed by atoms with E-state index in [9.17, 15) is 14.4 Å². The van der Waals surface area contributed by atoms with Gasteiger partial charge in [-0.15, -0.1) is 0 Å². The molecule has 0 spiro atoms. The van der Waals surface area contributed by atoms with Gasteiger partial charge in [0.1, 0.15) is 11.6 Å². The minimum absolute atomic E-state index is 0.0741. The second-order valence-corrected chi connectivity index (χ2v) is 5.71. The second kappa shape index (κ2) is 8.61. The van der Waals surface area contributed by atoms with Crippen LogP contribution in [-0.2, 0) is 23.9 Å². The van der Waals surface area contributed by atoms with Crippen molar-refractivity contribution in [2.75, 3.05) is 6.61 Å². The minimum Gasteiger partial charge on any atom is -0.481 e. The van der Waals surface area contributed by atoms with E-state index >= 15 is 0 Å². The van der Waals surface area contributed by atoms with Crippen LogP contribution in [0.15, 0.2) is 0 Å². The molecule has 7 nitrogen and oxygen atoms in total. The minimum atomic E-state index is -1.24. The molecule has 7 heteroatoms. The summed E-state index contributed by atoms with van der Waals surface area (Å²) >= 11 is 0. The van der Waals surface area contributed by atoms with E-state index in [-0.39, 0.29) is 19.4 Å². The topological polar surface area (TPSA) is 116 Å². The number of ether oxygens (including phenoxy) is 2. The molecule has 0 aromatic carbocycles. The first kappa shape index (κ1) is 19.4. The summed E-state index contributed by atoms with van der Waals surface area (Å²) in [7, 11) is 0. The molecule has 21 heavy (non-hydrogen) atoms. The van der Waals surface area contributed by atoms with E-state index in [1.165, 1.54) is 0 Å². The Hall–Kier alpha value is -1.63. The van der Waals surface area contributed by atoms with Crippen LogP contribution >= 0.6 is 0 Å². The van der Waals surface area contributed by atoms with Gasteiger partial charge in [0, 0.05) is 0 Å². The number of hydrogen-bond donors (Lipinski definition) is 2. The highest BCUT2D eigenvalue weighted by molar-refractivity contribution is 5.93. The molecule has 0 radical (unpaired) electrons. The van der Waals surface area contributed by atoms with Gasteiger partial charge in [-0.05, 0) is 47.0 Å². The number of rotatable bonds is 8. The zero-order valence-electron chi connectivity index (χ0n) is 13.0. The zero-order chi connectivity index (χ0) is 16.6. The SMILES string of the molecule is CCOC(=O)C(CCCC(N)C(=O)OC(C)(C)C)C(=O)O. The summed E-state index contributed by atoms with van der Waals surface area (Å²) in [5, 5.41) is 8.97. The lowest BCUT2D eigenvalue weighted by molar-refractivity contribution is -0.158. The first-order valence-corrected chi connectivity index (χ1v) is 6.96. The molecular weight excluding hydrogens is 278 g/mol. The molecule has 0 aliphatic rings. The lowest BCUT2D eigenvalue weighted by Gasteiger charge is -2.22. The van der Waals surface area contributed by atoms with Gasteiger partial charge < -0.3 is 20.3 Å². The maximum atomic E-state index is 11.6. The van der Waals surface area contributed by atoms with Gasteiger partial charge in [0.25, 0.3) is 0 Å². The molecule has 0 amide bonds. The Morgan fingerprint density at radius 1 is 1.14 bits per heavy atom. The highest BCUT2D eigenvalue weighted by Crippen LogP contribution is 2.14. The fourth-order valence-electron chi connectivity index (χ4n) is 1.62. The monoisotopic (exact) mass is 303 g/mol. The highest BCUT2D eigenvalue weighted by atomic mass is 16.6. The van der Waals surface area contributed by atoms with Crippen molar-refractivity contribution in [1.82, 2.24) is 0 Å². The van der Waals surface area contributed by atoms with E-state index in [4.69, 9.17) is 20.3 Å². The van der Waals surface area contributed by atoms with Gasteiger partial charge in [0.2, 0.25) is 0 Å². The second-order valence-electron chi connectivity index (χ2n) is 5.71. The zero-order valence-corrected chi connectivity index (χ0v) is 13.0. The van der Waals surface area contributed by atoms with Crippen molar-refractivity contribution in [2.24, 2.45) is 11.7 Å². The van der Waals surface area contributed by atoms with Crippen LogP contribution in [-0.4, -0.2) is 41.3 Å². The quantitative estimate of drug-likeness (QED) is 0.509. The number of nitrogens with two attached hydrogens (primary N) is 1. The Morgan fingerprint density at radius 2 is 1.71 bits per heavy atom. The Morgan fingerprint density at radius 3 is 2.14 bits per heavy atom. The third-order valence-corrected chi connectivity index (χ3v) is 2.59. The van der Waals surface area contributed by atoms with Crippen molar-refractivity contribution < 1.29 is 29.0 Å². The third-order valence-electron chi connectivity index (χ3n) is 2.59. The molecule has 0 aromatic heterocycles. The molecule has 0 heterocycles. The maximum absolute atomic E-state index is 11.6. The van der Waals surface area contributed by atoms with Gasteiger partial charge in [-0.25, -0.2) is 0 Å². The summed E-state index contributed by atoms with van der Waals surface area (Å²) in [5.41, 5.74) is 5.06. The molecule has 0 saturated carbocycles. The molecular formula is C14H25NO6.